The highest BCUT2D eigenvalue weighted by Crippen LogP contribution is 2.21. The highest BCUT2D eigenvalue weighted by molar-refractivity contribution is 6.04. The molecular weight excluding hydrogens is 378 g/mol. The highest BCUT2D eigenvalue weighted by Gasteiger charge is 2.09. The molecule has 3 rings (SSSR count). The van der Waals surface area contributed by atoms with Crippen LogP contribution in [0.3, 0.4) is 0 Å². The van der Waals surface area contributed by atoms with Crippen LogP contribution in [0.15, 0.2) is 78.9 Å². The molecule has 0 radical (unpaired) electrons. The Morgan fingerprint density at radius 3 is 2.27 bits per heavy atom. The third-order valence-corrected chi connectivity index (χ3v) is 4.46. The molecule has 1 unspecified atom stereocenters. The van der Waals surface area contributed by atoms with Crippen molar-refractivity contribution in [1.82, 2.24) is 0 Å². The van der Waals surface area contributed by atoms with Crippen molar-refractivity contribution in [1.29, 1.82) is 0 Å². The fourth-order valence-corrected chi connectivity index (χ4v) is 2.73. The monoisotopic (exact) mass is 405 g/mol. The van der Waals surface area contributed by atoms with Crippen LogP contribution < -0.4 is 19.5 Å². The number of rotatable bonds is 10. The molecule has 3 aromatic rings. The quantitative estimate of drug-likeness (QED) is 0.448. The SMILES string of the molecule is CCC(C)Oc1cccc(NC(=O)c2cccc(OCCOc3ccccc3)c2)c1. The van der Waals surface area contributed by atoms with Crippen molar-refractivity contribution in [3.05, 3.63) is 84.4 Å². The van der Waals surface area contributed by atoms with Crippen molar-refractivity contribution < 1.29 is 19.0 Å². The van der Waals surface area contributed by atoms with E-state index in [1.807, 2.05) is 67.6 Å². The zero-order chi connectivity index (χ0) is 21.2. The maximum absolute atomic E-state index is 12.6. The topological polar surface area (TPSA) is 56.8 Å². The van der Waals surface area contributed by atoms with E-state index in [4.69, 9.17) is 14.2 Å². The first-order chi connectivity index (χ1) is 14.6. The Bertz CT molecular complexity index is 943. The number of ether oxygens (including phenoxy) is 3. The second-order valence-electron chi connectivity index (χ2n) is 6.86. The number of anilines is 1. The van der Waals surface area contributed by atoms with Crippen LogP contribution in [0.1, 0.15) is 30.6 Å². The van der Waals surface area contributed by atoms with Crippen molar-refractivity contribution in [3.8, 4) is 17.2 Å². The summed E-state index contributed by atoms with van der Waals surface area (Å²) in [6.45, 7) is 4.89. The molecular formula is C25H27NO4. The molecule has 0 fully saturated rings. The van der Waals surface area contributed by atoms with Crippen LogP contribution in [-0.4, -0.2) is 25.2 Å². The van der Waals surface area contributed by atoms with Gasteiger partial charge >= 0.3 is 0 Å². The van der Waals surface area contributed by atoms with Gasteiger partial charge in [-0.3, -0.25) is 4.79 Å². The van der Waals surface area contributed by atoms with Gasteiger partial charge in [-0.15, -0.1) is 0 Å². The van der Waals surface area contributed by atoms with Crippen LogP contribution in [-0.2, 0) is 0 Å². The second-order valence-corrected chi connectivity index (χ2v) is 6.86. The van der Waals surface area contributed by atoms with Gasteiger partial charge in [0.2, 0.25) is 0 Å². The fraction of sp³-hybridized carbons (Fsp3) is 0.240. The van der Waals surface area contributed by atoms with Crippen LogP contribution in [0, 0.1) is 0 Å². The Labute approximate surface area is 177 Å². The molecule has 0 aromatic heterocycles. The number of carbonyl (C=O) groups is 1. The van der Waals surface area contributed by atoms with E-state index in [2.05, 4.69) is 12.2 Å². The number of amides is 1. The van der Waals surface area contributed by atoms with Crippen LogP contribution >= 0.6 is 0 Å². The van der Waals surface area contributed by atoms with Gasteiger partial charge in [-0.25, -0.2) is 0 Å². The maximum Gasteiger partial charge on any atom is 0.255 e. The van der Waals surface area contributed by atoms with Crippen molar-refractivity contribution in [2.45, 2.75) is 26.4 Å². The Kier molecular flexibility index (Phi) is 7.72. The Morgan fingerprint density at radius 1 is 0.833 bits per heavy atom. The summed E-state index contributed by atoms with van der Waals surface area (Å²) in [6, 6.07) is 24.1. The van der Waals surface area contributed by atoms with E-state index in [0.717, 1.165) is 17.9 Å². The number of carbonyl (C=O) groups excluding carboxylic acids is 1. The van der Waals surface area contributed by atoms with Crippen molar-refractivity contribution in [2.75, 3.05) is 18.5 Å². The summed E-state index contributed by atoms with van der Waals surface area (Å²) in [7, 11) is 0. The lowest BCUT2D eigenvalue weighted by molar-refractivity contribution is 0.102. The van der Waals surface area contributed by atoms with Crippen molar-refractivity contribution >= 4 is 11.6 Å². The minimum absolute atomic E-state index is 0.121. The molecule has 0 aliphatic rings. The first-order valence-corrected chi connectivity index (χ1v) is 10.1. The zero-order valence-corrected chi connectivity index (χ0v) is 17.3. The van der Waals surface area contributed by atoms with Gasteiger partial charge in [-0.05, 0) is 55.8 Å². The molecule has 0 spiro atoms. The number of hydrogen-bond donors (Lipinski definition) is 1. The average molecular weight is 405 g/mol. The van der Waals surface area contributed by atoms with E-state index >= 15 is 0 Å². The van der Waals surface area contributed by atoms with Crippen LogP contribution in [0.4, 0.5) is 5.69 Å². The number of nitrogens with one attached hydrogen (secondary N) is 1. The molecule has 5 heteroatoms. The van der Waals surface area contributed by atoms with Gasteiger partial charge in [-0.2, -0.15) is 0 Å². The molecule has 0 bridgehead atoms. The molecule has 0 saturated heterocycles. The third-order valence-electron chi connectivity index (χ3n) is 4.46. The van der Waals surface area contributed by atoms with Gasteiger partial charge in [0.15, 0.2) is 0 Å². The first-order valence-electron chi connectivity index (χ1n) is 10.1. The molecule has 3 aromatic carbocycles. The Hall–Kier alpha value is -3.47. The largest absolute Gasteiger partial charge is 0.491 e. The molecule has 0 aliphatic carbocycles. The van der Waals surface area contributed by atoms with Crippen molar-refractivity contribution in [2.24, 2.45) is 0 Å². The molecule has 0 heterocycles. The van der Waals surface area contributed by atoms with Crippen LogP contribution in [0.2, 0.25) is 0 Å². The summed E-state index contributed by atoms with van der Waals surface area (Å²) in [6.07, 6.45) is 1.04. The average Bonchev–Trinajstić information content (AvgIpc) is 2.78. The molecule has 0 aliphatic heterocycles. The van der Waals surface area contributed by atoms with Gasteiger partial charge in [0.1, 0.15) is 30.5 Å². The van der Waals surface area contributed by atoms with Gasteiger partial charge in [0.05, 0.1) is 6.10 Å². The Balaban J connectivity index is 1.53. The van der Waals surface area contributed by atoms with Crippen LogP contribution in [0.5, 0.6) is 17.2 Å². The van der Waals surface area contributed by atoms with E-state index in [-0.39, 0.29) is 12.0 Å². The first kappa shape index (κ1) is 21.2. The standard InChI is InChI=1S/C25H27NO4/c1-3-19(2)30-24-14-8-10-21(18-24)26-25(27)20-9-7-13-23(17-20)29-16-15-28-22-11-5-4-6-12-22/h4-14,17-19H,3,15-16H2,1-2H3,(H,26,27). The highest BCUT2D eigenvalue weighted by atomic mass is 16.5. The van der Waals surface area contributed by atoms with Crippen LogP contribution in [0.25, 0.3) is 0 Å². The lowest BCUT2D eigenvalue weighted by atomic mass is 10.2. The summed E-state index contributed by atoms with van der Waals surface area (Å²) >= 11 is 0. The normalized spacial score (nSPS) is 11.4. The predicted octanol–water partition coefficient (Wildman–Crippen LogP) is 5.57. The summed E-state index contributed by atoms with van der Waals surface area (Å²) < 4.78 is 17.1. The molecule has 156 valence electrons. The Morgan fingerprint density at radius 2 is 1.50 bits per heavy atom. The van der Waals surface area contributed by atoms with E-state index in [0.29, 0.717) is 30.2 Å². The number of hydrogen-bond acceptors (Lipinski definition) is 4. The van der Waals surface area contributed by atoms with E-state index in [9.17, 15) is 4.79 Å². The van der Waals surface area contributed by atoms with E-state index < -0.39 is 0 Å². The maximum atomic E-state index is 12.6. The fourth-order valence-electron chi connectivity index (χ4n) is 2.73. The summed E-state index contributed by atoms with van der Waals surface area (Å²) in [4.78, 5) is 12.6. The zero-order valence-electron chi connectivity index (χ0n) is 17.3. The lowest BCUT2D eigenvalue weighted by Gasteiger charge is -2.14. The summed E-state index contributed by atoms with van der Waals surface area (Å²) in [5, 5.41) is 2.91. The van der Waals surface area contributed by atoms with Crippen molar-refractivity contribution in [3.63, 3.8) is 0 Å². The van der Waals surface area contributed by atoms with Gasteiger partial charge in [0, 0.05) is 17.3 Å². The lowest BCUT2D eigenvalue weighted by Crippen LogP contribution is -2.13. The van der Waals surface area contributed by atoms with Gasteiger partial charge < -0.3 is 19.5 Å². The molecule has 1 atom stereocenters. The van der Waals surface area contributed by atoms with Gasteiger partial charge in [-0.1, -0.05) is 37.3 Å². The van der Waals surface area contributed by atoms with E-state index in [1.165, 1.54) is 0 Å². The summed E-state index contributed by atoms with van der Waals surface area (Å²) in [5.74, 6) is 1.95. The minimum atomic E-state index is -0.207. The second kappa shape index (κ2) is 10.9. The predicted molar refractivity (Wildman–Crippen MR) is 119 cm³/mol. The van der Waals surface area contributed by atoms with E-state index in [1.54, 1.807) is 18.2 Å². The molecule has 30 heavy (non-hydrogen) atoms. The number of para-hydroxylation sites is 1. The smallest absolute Gasteiger partial charge is 0.255 e. The minimum Gasteiger partial charge on any atom is -0.491 e. The molecule has 0 saturated carbocycles. The van der Waals surface area contributed by atoms with Gasteiger partial charge in [0.25, 0.3) is 5.91 Å². The summed E-state index contributed by atoms with van der Waals surface area (Å²) in [5.41, 5.74) is 1.20. The molecule has 1 amide bonds. The molecule has 1 N–H and O–H groups in total. The number of benzene rings is 3. The third kappa shape index (κ3) is 6.55. The molecule has 5 nitrogen and oxygen atoms in total.